The Morgan fingerprint density at radius 1 is 1.00 bits per heavy atom. The fourth-order valence-electron chi connectivity index (χ4n) is 3.89. The van der Waals surface area contributed by atoms with Gasteiger partial charge in [-0.05, 0) is 48.9 Å². The van der Waals surface area contributed by atoms with Crippen LogP contribution < -0.4 is 5.32 Å². The second kappa shape index (κ2) is 5.02. The molecule has 102 valence electrons. The Kier molecular flexibility index (Phi) is 3.04. The van der Waals surface area contributed by atoms with Crippen LogP contribution in [0.2, 0.25) is 0 Å². The summed E-state index contributed by atoms with van der Waals surface area (Å²) in [6.45, 7) is 1.19. The number of hydrogen-bond acceptors (Lipinski definition) is 2. The minimum absolute atomic E-state index is 0.652. The number of nitrogens with zero attached hydrogens (tertiary/aromatic N) is 1. The molecule has 1 aromatic heterocycles. The highest BCUT2D eigenvalue weighted by molar-refractivity contribution is 5.63. The van der Waals surface area contributed by atoms with Crippen molar-refractivity contribution >= 4 is 0 Å². The molecule has 2 aliphatic rings. The maximum absolute atomic E-state index is 4.49. The van der Waals surface area contributed by atoms with Crippen LogP contribution in [-0.4, -0.2) is 17.6 Å². The normalized spacial score (nSPS) is 28.5. The van der Waals surface area contributed by atoms with E-state index in [0.717, 1.165) is 5.92 Å². The summed E-state index contributed by atoms with van der Waals surface area (Å²) in [6, 6.07) is 13.6. The van der Waals surface area contributed by atoms with E-state index in [-0.39, 0.29) is 0 Å². The maximum atomic E-state index is 4.49. The quantitative estimate of drug-likeness (QED) is 0.896. The molecule has 1 saturated heterocycles. The van der Waals surface area contributed by atoms with Crippen LogP contribution in [0.25, 0.3) is 11.1 Å². The van der Waals surface area contributed by atoms with Crippen LogP contribution in [0.4, 0.5) is 0 Å². The average molecular weight is 264 g/mol. The summed E-state index contributed by atoms with van der Waals surface area (Å²) in [5.74, 6) is 1.57. The molecular weight excluding hydrogens is 244 g/mol. The van der Waals surface area contributed by atoms with Crippen LogP contribution in [0, 0.1) is 5.92 Å². The molecule has 2 nitrogen and oxygen atoms in total. The molecule has 1 aromatic carbocycles. The number of fused-ring (bicyclic) bond motifs is 2. The minimum atomic E-state index is 0.652. The van der Waals surface area contributed by atoms with Gasteiger partial charge in [0.15, 0.2) is 0 Å². The first-order valence-corrected chi connectivity index (χ1v) is 7.64. The fourth-order valence-corrected chi connectivity index (χ4v) is 3.89. The molecule has 1 N–H and O–H groups in total. The van der Waals surface area contributed by atoms with E-state index in [2.05, 4.69) is 52.9 Å². The molecule has 3 unspecified atom stereocenters. The third-order valence-electron chi connectivity index (χ3n) is 4.91. The van der Waals surface area contributed by atoms with Crippen molar-refractivity contribution < 1.29 is 0 Å². The van der Waals surface area contributed by atoms with Crippen molar-refractivity contribution in [1.82, 2.24) is 10.3 Å². The highest BCUT2D eigenvalue weighted by atomic mass is 14.9. The first-order chi connectivity index (χ1) is 9.90. The maximum Gasteiger partial charge on any atom is 0.0346 e. The van der Waals surface area contributed by atoms with Gasteiger partial charge in [-0.15, -0.1) is 0 Å². The van der Waals surface area contributed by atoms with E-state index in [1.54, 1.807) is 0 Å². The van der Waals surface area contributed by atoms with Gasteiger partial charge in [0.25, 0.3) is 0 Å². The van der Waals surface area contributed by atoms with Crippen LogP contribution in [0.5, 0.6) is 0 Å². The van der Waals surface area contributed by atoms with Gasteiger partial charge in [0.1, 0.15) is 0 Å². The summed E-state index contributed by atoms with van der Waals surface area (Å²) < 4.78 is 0. The highest BCUT2D eigenvalue weighted by Crippen LogP contribution is 2.42. The lowest BCUT2D eigenvalue weighted by molar-refractivity contribution is 0.386. The summed E-state index contributed by atoms with van der Waals surface area (Å²) in [5.41, 5.74) is 3.91. The van der Waals surface area contributed by atoms with Crippen molar-refractivity contribution in [1.29, 1.82) is 0 Å². The molecule has 20 heavy (non-hydrogen) atoms. The summed E-state index contributed by atoms with van der Waals surface area (Å²) in [7, 11) is 0. The smallest absolute Gasteiger partial charge is 0.0346 e. The van der Waals surface area contributed by atoms with Crippen molar-refractivity contribution in [2.45, 2.75) is 31.2 Å². The lowest BCUT2D eigenvalue weighted by Crippen LogP contribution is -2.35. The van der Waals surface area contributed by atoms with Gasteiger partial charge in [0, 0.05) is 29.9 Å². The van der Waals surface area contributed by atoms with E-state index >= 15 is 0 Å². The van der Waals surface area contributed by atoms with Crippen molar-refractivity contribution in [2.24, 2.45) is 5.92 Å². The molecule has 3 atom stereocenters. The lowest BCUT2D eigenvalue weighted by atomic mass is 9.93. The SMILES string of the molecule is c1ccc(-c2cncc(C3CC4CCNC3C4)c2)cc1. The first-order valence-electron chi connectivity index (χ1n) is 7.64. The van der Waals surface area contributed by atoms with Gasteiger partial charge in [-0.1, -0.05) is 30.3 Å². The summed E-state index contributed by atoms with van der Waals surface area (Å²) in [6.07, 6.45) is 8.07. The monoisotopic (exact) mass is 264 g/mol. The molecule has 4 rings (SSSR count). The second-order valence-electron chi connectivity index (χ2n) is 6.17. The Labute approximate surface area is 120 Å². The predicted octanol–water partition coefficient (Wildman–Crippen LogP) is 3.60. The molecule has 2 aromatic rings. The second-order valence-corrected chi connectivity index (χ2v) is 6.17. The third kappa shape index (κ3) is 2.14. The Bertz CT molecular complexity index is 593. The minimum Gasteiger partial charge on any atom is -0.313 e. The molecule has 0 amide bonds. The third-order valence-corrected chi connectivity index (χ3v) is 4.91. The molecule has 0 radical (unpaired) electrons. The Morgan fingerprint density at radius 3 is 2.75 bits per heavy atom. The number of aromatic nitrogens is 1. The van der Waals surface area contributed by atoms with Gasteiger partial charge in [-0.3, -0.25) is 4.98 Å². The number of pyridine rings is 1. The highest BCUT2D eigenvalue weighted by Gasteiger charge is 2.37. The summed E-state index contributed by atoms with van der Waals surface area (Å²) in [4.78, 5) is 4.49. The van der Waals surface area contributed by atoms with Gasteiger partial charge in [-0.2, -0.15) is 0 Å². The van der Waals surface area contributed by atoms with E-state index in [4.69, 9.17) is 0 Å². The molecule has 1 saturated carbocycles. The largest absolute Gasteiger partial charge is 0.313 e. The van der Waals surface area contributed by atoms with Crippen LogP contribution in [0.3, 0.4) is 0 Å². The van der Waals surface area contributed by atoms with E-state index in [1.165, 1.54) is 42.5 Å². The predicted molar refractivity (Wildman–Crippen MR) is 81.5 cm³/mol. The van der Waals surface area contributed by atoms with Crippen LogP contribution >= 0.6 is 0 Å². The van der Waals surface area contributed by atoms with Crippen LogP contribution in [0.15, 0.2) is 48.8 Å². The zero-order chi connectivity index (χ0) is 13.4. The van der Waals surface area contributed by atoms with E-state index < -0.39 is 0 Å². The van der Waals surface area contributed by atoms with Gasteiger partial charge in [-0.25, -0.2) is 0 Å². The van der Waals surface area contributed by atoms with Gasteiger partial charge in [0.05, 0.1) is 0 Å². The van der Waals surface area contributed by atoms with E-state index in [0.29, 0.717) is 12.0 Å². The Morgan fingerprint density at radius 2 is 1.90 bits per heavy atom. The Balaban J connectivity index is 1.66. The first kappa shape index (κ1) is 12.1. The van der Waals surface area contributed by atoms with Crippen molar-refractivity contribution in [2.75, 3.05) is 6.54 Å². The number of piperidine rings is 1. The number of nitrogens with one attached hydrogen (secondary N) is 1. The van der Waals surface area contributed by atoms with Crippen molar-refractivity contribution in [3.63, 3.8) is 0 Å². The molecule has 2 bridgehead atoms. The zero-order valence-electron chi connectivity index (χ0n) is 11.6. The summed E-state index contributed by atoms with van der Waals surface area (Å²) in [5, 5.41) is 3.69. The van der Waals surface area contributed by atoms with Gasteiger partial charge >= 0.3 is 0 Å². The summed E-state index contributed by atoms with van der Waals surface area (Å²) >= 11 is 0. The van der Waals surface area contributed by atoms with Gasteiger partial charge in [0.2, 0.25) is 0 Å². The molecule has 2 heteroatoms. The molecular formula is C18H20N2. The van der Waals surface area contributed by atoms with Gasteiger partial charge < -0.3 is 5.32 Å². The van der Waals surface area contributed by atoms with E-state index in [9.17, 15) is 0 Å². The molecule has 2 heterocycles. The number of benzene rings is 1. The molecule has 1 aliphatic heterocycles. The topological polar surface area (TPSA) is 24.9 Å². The van der Waals surface area contributed by atoms with E-state index in [1.807, 2.05) is 6.20 Å². The van der Waals surface area contributed by atoms with Crippen LogP contribution in [-0.2, 0) is 0 Å². The van der Waals surface area contributed by atoms with Crippen LogP contribution in [0.1, 0.15) is 30.7 Å². The van der Waals surface area contributed by atoms with Crippen molar-refractivity contribution in [3.05, 3.63) is 54.4 Å². The lowest BCUT2D eigenvalue weighted by Gasteiger charge is -2.23. The van der Waals surface area contributed by atoms with Crippen molar-refractivity contribution in [3.8, 4) is 11.1 Å². The standard InChI is InChI=1S/C18H20N2/c1-2-4-14(5-3-1)15-10-16(12-19-11-15)17-8-13-6-7-20-18(17)9-13/h1-5,10-13,17-18,20H,6-9H2. The number of rotatable bonds is 2. The molecule has 2 fully saturated rings. The molecule has 1 aliphatic carbocycles. The zero-order valence-corrected chi connectivity index (χ0v) is 11.6. The number of hydrogen-bond donors (Lipinski definition) is 1. The fraction of sp³-hybridized carbons (Fsp3) is 0.389. The Hall–Kier alpha value is -1.67. The molecule has 0 spiro atoms. The average Bonchev–Trinajstić information content (AvgIpc) is 2.82.